The van der Waals surface area contributed by atoms with Crippen molar-refractivity contribution in [3.8, 4) is 0 Å². The molecular weight excluding hydrogens is 266 g/mol. The molecule has 0 saturated heterocycles. The Bertz CT molecular complexity index is 488. The third-order valence-corrected chi connectivity index (χ3v) is 3.52. The summed E-state index contributed by atoms with van der Waals surface area (Å²) in [6.45, 7) is 6.51. The smallest absolute Gasteiger partial charge is 0.253 e. The number of amides is 2. The molecule has 0 aliphatic rings. The molecule has 0 aromatic heterocycles. The second kappa shape index (κ2) is 8.42. The number of carbonyl (C=O) groups is 2. The Kier molecular flexibility index (Phi) is 6.88. The molecule has 0 aliphatic carbocycles. The molecule has 0 bridgehead atoms. The van der Waals surface area contributed by atoms with Gasteiger partial charge in [-0.2, -0.15) is 0 Å². The fraction of sp³-hybridized carbons (Fsp3) is 0.500. The van der Waals surface area contributed by atoms with Crippen molar-refractivity contribution in [1.29, 1.82) is 0 Å². The van der Waals surface area contributed by atoms with E-state index in [2.05, 4.69) is 10.6 Å². The summed E-state index contributed by atoms with van der Waals surface area (Å²) in [5, 5.41) is 5.56. The van der Waals surface area contributed by atoms with Gasteiger partial charge in [0.05, 0.1) is 17.3 Å². The Morgan fingerprint density at radius 2 is 1.90 bits per heavy atom. The maximum absolute atomic E-state index is 12.1. The molecule has 116 valence electrons. The van der Waals surface area contributed by atoms with E-state index in [9.17, 15) is 9.59 Å². The van der Waals surface area contributed by atoms with Crippen LogP contribution in [0.4, 0.5) is 5.69 Å². The Balaban J connectivity index is 2.84. The molecule has 1 rings (SSSR count). The van der Waals surface area contributed by atoms with Gasteiger partial charge in [-0.3, -0.25) is 9.59 Å². The van der Waals surface area contributed by atoms with Gasteiger partial charge in [-0.1, -0.05) is 39.3 Å². The first-order chi connectivity index (χ1) is 10.0. The molecule has 0 radical (unpaired) electrons. The third-order valence-electron chi connectivity index (χ3n) is 3.52. The SMILES string of the molecule is CCCNC(=O)c1ccccc1NC(=O)[C@@H](N)[C@@H](C)CC. The van der Waals surface area contributed by atoms with Gasteiger partial charge < -0.3 is 16.4 Å². The van der Waals surface area contributed by atoms with Gasteiger partial charge >= 0.3 is 0 Å². The minimum Gasteiger partial charge on any atom is -0.352 e. The van der Waals surface area contributed by atoms with Crippen molar-refractivity contribution < 1.29 is 9.59 Å². The first-order valence-corrected chi connectivity index (χ1v) is 7.44. The van der Waals surface area contributed by atoms with Crippen LogP contribution in [0.15, 0.2) is 24.3 Å². The van der Waals surface area contributed by atoms with E-state index in [4.69, 9.17) is 5.73 Å². The van der Waals surface area contributed by atoms with E-state index in [1.807, 2.05) is 20.8 Å². The topological polar surface area (TPSA) is 84.2 Å². The van der Waals surface area contributed by atoms with Gasteiger partial charge in [0.15, 0.2) is 0 Å². The molecule has 0 aliphatic heterocycles. The van der Waals surface area contributed by atoms with Gasteiger partial charge in [0, 0.05) is 6.54 Å². The van der Waals surface area contributed by atoms with Gasteiger partial charge in [0.1, 0.15) is 0 Å². The predicted molar refractivity (Wildman–Crippen MR) is 85.1 cm³/mol. The summed E-state index contributed by atoms with van der Waals surface area (Å²) in [7, 11) is 0. The van der Waals surface area contributed by atoms with Crippen LogP contribution < -0.4 is 16.4 Å². The van der Waals surface area contributed by atoms with Crippen molar-refractivity contribution >= 4 is 17.5 Å². The Morgan fingerprint density at radius 1 is 1.24 bits per heavy atom. The van der Waals surface area contributed by atoms with Crippen molar-refractivity contribution in [3.05, 3.63) is 29.8 Å². The van der Waals surface area contributed by atoms with Gasteiger partial charge in [-0.15, -0.1) is 0 Å². The van der Waals surface area contributed by atoms with Gasteiger partial charge in [0.2, 0.25) is 5.91 Å². The number of hydrogen-bond acceptors (Lipinski definition) is 3. The summed E-state index contributed by atoms with van der Waals surface area (Å²) in [6, 6.07) is 6.37. The molecule has 0 unspecified atom stereocenters. The van der Waals surface area contributed by atoms with E-state index in [0.29, 0.717) is 17.8 Å². The summed E-state index contributed by atoms with van der Waals surface area (Å²) >= 11 is 0. The molecule has 0 saturated carbocycles. The van der Waals surface area contributed by atoms with Crippen molar-refractivity contribution in [1.82, 2.24) is 5.32 Å². The van der Waals surface area contributed by atoms with E-state index >= 15 is 0 Å². The maximum Gasteiger partial charge on any atom is 0.253 e. The van der Waals surface area contributed by atoms with Crippen LogP contribution in [0.3, 0.4) is 0 Å². The number of nitrogens with one attached hydrogen (secondary N) is 2. The standard InChI is InChI=1S/C16H25N3O2/c1-4-10-18-15(20)12-8-6-7-9-13(12)19-16(21)14(17)11(3)5-2/h6-9,11,14H,4-5,10,17H2,1-3H3,(H,18,20)(H,19,21)/t11-,14-/m0/s1. The van der Waals surface area contributed by atoms with Crippen LogP contribution in [0.5, 0.6) is 0 Å². The summed E-state index contributed by atoms with van der Waals surface area (Å²) in [5.41, 5.74) is 6.86. The normalized spacial score (nSPS) is 13.3. The fourth-order valence-corrected chi connectivity index (χ4v) is 1.85. The monoisotopic (exact) mass is 291 g/mol. The summed E-state index contributed by atoms with van der Waals surface area (Å²) < 4.78 is 0. The lowest BCUT2D eigenvalue weighted by atomic mass is 9.99. The average molecular weight is 291 g/mol. The molecule has 5 heteroatoms. The zero-order valence-corrected chi connectivity index (χ0v) is 13.0. The second-order valence-electron chi connectivity index (χ2n) is 5.20. The number of anilines is 1. The van der Waals surface area contributed by atoms with Crippen molar-refractivity contribution in [2.45, 2.75) is 39.7 Å². The molecular formula is C16H25N3O2. The summed E-state index contributed by atoms with van der Waals surface area (Å²) in [4.78, 5) is 24.2. The number of hydrogen-bond donors (Lipinski definition) is 3. The minimum atomic E-state index is -0.582. The molecule has 4 N–H and O–H groups in total. The van der Waals surface area contributed by atoms with Crippen molar-refractivity contribution in [3.63, 3.8) is 0 Å². The number of nitrogens with two attached hydrogens (primary N) is 1. The number of carbonyl (C=O) groups excluding carboxylic acids is 2. The van der Waals surface area contributed by atoms with Crippen molar-refractivity contribution in [2.75, 3.05) is 11.9 Å². The van der Waals surface area contributed by atoms with E-state index < -0.39 is 6.04 Å². The molecule has 0 spiro atoms. The van der Waals surface area contributed by atoms with Crippen LogP contribution in [0.2, 0.25) is 0 Å². The van der Waals surface area contributed by atoms with E-state index in [0.717, 1.165) is 12.8 Å². The molecule has 0 heterocycles. The average Bonchev–Trinajstić information content (AvgIpc) is 2.51. The minimum absolute atomic E-state index is 0.0890. The molecule has 21 heavy (non-hydrogen) atoms. The van der Waals surface area contributed by atoms with Crippen LogP contribution in [0, 0.1) is 5.92 Å². The second-order valence-corrected chi connectivity index (χ2v) is 5.20. The van der Waals surface area contributed by atoms with E-state index in [-0.39, 0.29) is 17.7 Å². The van der Waals surface area contributed by atoms with Gasteiger partial charge in [-0.25, -0.2) is 0 Å². The number of rotatable bonds is 7. The maximum atomic E-state index is 12.1. The van der Waals surface area contributed by atoms with Crippen LogP contribution >= 0.6 is 0 Å². The quantitative estimate of drug-likeness (QED) is 0.719. The lowest BCUT2D eigenvalue weighted by Gasteiger charge is -2.19. The van der Waals surface area contributed by atoms with E-state index in [1.54, 1.807) is 24.3 Å². The van der Waals surface area contributed by atoms with Gasteiger partial charge in [0.25, 0.3) is 5.91 Å². The Morgan fingerprint density at radius 3 is 2.52 bits per heavy atom. The summed E-state index contributed by atoms with van der Waals surface area (Å²) in [5.74, 6) is -0.365. The third kappa shape index (κ3) is 4.86. The van der Waals surface area contributed by atoms with Gasteiger partial charge in [-0.05, 0) is 24.5 Å². The predicted octanol–water partition coefficient (Wildman–Crippen LogP) is 2.14. The van der Waals surface area contributed by atoms with Crippen LogP contribution in [-0.2, 0) is 4.79 Å². The molecule has 2 amide bonds. The molecule has 1 aromatic carbocycles. The summed E-state index contributed by atoms with van der Waals surface area (Å²) in [6.07, 6.45) is 1.69. The van der Waals surface area contributed by atoms with Crippen LogP contribution in [0.1, 0.15) is 44.0 Å². The highest BCUT2D eigenvalue weighted by molar-refractivity contribution is 6.04. The number of benzene rings is 1. The molecule has 5 nitrogen and oxygen atoms in total. The lowest BCUT2D eigenvalue weighted by molar-refractivity contribution is -0.118. The fourth-order valence-electron chi connectivity index (χ4n) is 1.85. The lowest BCUT2D eigenvalue weighted by Crippen LogP contribution is -2.41. The highest BCUT2D eigenvalue weighted by atomic mass is 16.2. The van der Waals surface area contributed by atoms with E-state index in [1.165, 1.54) is 0 Å². The largest absolute Gasteiger partial charge is 0.352 e. The molecule has 2 atom stereocenters. The highest BCUT2D eigenvalue weighted by Gasteiger charge is 2.21. The van der Waals surface area contributed by atoms with Crippen LogP contribution in [-0.4, -0.2) is 24.4 Å². The Labute approximate surface area is 126 Å². The zero-order chi connectivity index (χ0) is 15.8. The first-order valence-electron chi connectivity index (χ1n) is 7.44. The first kappa shape index (κ1) is 17.2. The molecule has 0 fully saturated rings. The van der Waals surface area contributed by atoms with Crippen LogP contribution in [0.25, 0.3) is 0 Å². The highest BCUT2D eigenvalue weighted by Crippen LogP contribution is 2.16. The number of para-hydroxylation sites is 1. The molecule has 1 aromatic rings. The Hall–Kier alpha value is -1.88. The zero-order valence-electron chi connectivity index (χ0n) is 13.0. The van der Waals surface area contributed by atoms with Crippen molar-refractivity contribution in [2.24, 2.45) is 11.7 Å².